The van der Waals surface area contributed by atoms with Gasteiger partial charge >= 0.3 is 5.97 Å². The lowest BCUT2D eigenvalue weighted by Crippen LogP contribution is -2.11. The van der Waals surface area contributed by atoms with E-state index in [-0.39, 0.29) is 5.97 Å². The summed E-state index contributed by atoms with van der Waals surface area (Å²) in [7, 11) is 0. The average Bonchev–Trinajstić information content (AvgIpc) is 2.17. The third-order valence-electron chi connectivity index (χ3n) is 2.09. The topological polar surface area (TPSA) is 39.2 Å². The van der Waals surface area contributed by atoms with Crippen molar-refractivity contribution in [3.63, 3.8) is 0 Å². The quantitative estimate of drug-likeness (QED) is 0.690. The molecule has 1 rings (SSSR count). The fraction of sp³-hybridized carbons (Fsp3) is 0.455. The Kier molecular flexibility index (Phi) is 3.63. The zero-order chi connectivity index (χ0) is 10.6. The molecule has 0 aromatic carbocycles. The van der Waals surface area contributed by atoms with Crippen LogP contribution in [0, 0.1) is 6.92 Å². The maximum Gasteiger partial charge on any atom is 0.340 e. The fourth-order valence-corrected chi connectivity index (χ4v) is 1.40. The number of pyridine rings is 1. The first-order valence-corrected chi connectivity index (χ1v) is 4.82. The van der Waals surface area contributed by atoms with Gasteiger partial charge in [-0.25, -0.2) is 4.79 Å². The molecule has 0 aliphatic heterocycles. The molecule has 76 valence electrons. The number of carbonyl (C=O) groups excluding carboxylic acids is 1. The van der Waals surface area contributed by atoms with Gasteiger partial charge in [-0.1, -0.05) is 6.92 Å². The molecule has 0 spiro atoms. The number of carbonyl (C=O) groups is 1. The maximum atomic E-state index is 11.6. The summed E-state index contributed by atoms with van der Waals surface area (Å²) >= 11 is 0. The van der Waals surface area contributed by atoms with E-state index in [0.29, 0.717) is 12.2 Å². The van der Waals surface area contributed by atoms with E-state index in [1.54, 1.807) is 13.1 Å². The minimum Gasteiger partial charge on any atom is -0.462 e. The first-order valence-electron chi connectivity index (χ1n) is 4.82. The number of rotatable bonds is 3. The van der Waals surface area contributed by atoms with Gasteiger partial charge < -0.3 is 4.74 Å². The lowest BCUT2D eigenvalue weighted by molar-refractivity contribution is 0.0523. The van der Waals surface area contributed by atoms with Crippen LogP contribution in [0.3, 0.4) is 0 Å². The minimum absolute atomic E-state index is 0.269. The molecule has 3 heteroatoms. The van der Waals surface area contributed by atoms with E-state index in [4.69, 9.17) is 4.74 Å². The van der Waals surface area contributed by atoms with Crippen LogP contribution in [0.25, 0.3) is 0 Å². The van der Waals surface area contributed by atoms with Crippen molar-refractivity contribution in [3.8, 4) is 0 Å². The lowest BCUT2D eigenvalue weighted by atomic mass is 10.1. The van der Waals surface area contributed by atoms with Crippen molar-refractivity contribution in [1.29, 1.82) is 0 Å². The Hall–Kier alpha value is -1.38. The number of hydrogen-bond donors (Lipinski definition) is 0. The molecule has 1 aromatic heterocycles. The first-order chi connectivity index (χ1) is 6.70. The van der Waals surface area contributed by atoms with E-state index in [1.165, 1.54) is 0 Å². The number of aromatic nitrogens is 1. The average molecular weight is 193 g/mol. The SMILES string of the molecule is CCOC(=O)c1c(CC)ccnc1C. The van der Waals surface area contributed by atoms with Crippen LogP contribution in [-0.2, 0) is 11.2 Å². The van der Waals surface area contributed by atoms with Gasteiger partial charge in [0.2, 0.25) is 0 Å². The van der Waals surface area contributed by atoms with Crippen LogP contribution in [0.2, 0.25) is 0 Å². The van der Waals surface area contributed by atoms with E-state index in [2.05, 4.69) is 4.98 Å². The molecule has 14 heavy (non-hydrogen) atoms. The van der Waals surface area contributed by atoms with Crippen molar-refractivity contribution in [1.82, 2.24) is 4.98 Å². The van der Waals surface area contributed by atoms with Crippen LogP contribution in [0.4, 0.5) is 0 Å². The number of hydrogen-bond acceptors (Lipinski definition) is 3. The van der Waals surface area contributed by atoms with E-state index in [9.17, 15) is 4.79 Å². The van der Waals surface area contributed by atoms with Gasteiger partial charge in [0.15, 0.2) is 0 Å². The van der Waals surface area contributed by atoms with Crippen LogP contribution in [0.1, 0.15) is 35.5 Å². The van der Waals surface area contributed by atoms with Gasteiger partial charge in [-0.3, -0.25) is 4.98 Å². The second kappa shape index (κ2) is 4.74. The molecular weight excluding hydrogens is 178 g/mol. The molecule has 0 aliphatic rings. The third kappa shape index (κ3) is 2.10. The smallest absolute Gasteiger partial charge is 0.340 e. The molecule has 1 aromatic rings. The summed E-state index contributed by atoms with van der Waals surface area (Å²) in [6.45, 7) is 6.04. The molecule has 0 radical (unpaired) electrons. The molecule has 0 atom stereocenters. The summed E-state index contributed by atoms with van der Waals surface area (Å²) in [5.74, 6) is -0.269. The summed E-state index contributed by atoms with van der Waals surface area (Å²) in [4.78, 5) is 15.7. The van der Waals surface area contributed by atoms with Crippen molar-refractivity contribution in [2.75, 3.05) is 6.61 Å². The van der Waals surface area contributed by atoms with Gasteiger partial charge in [0, 0.05) is 6.20 Å². The Morgan fingerprint density at radius 2 is 2.21 bits per heavy atom. The minimum atomic E-state index is -0.269. The molecule has 0 aliphatic carbocycles. The molecule has 0 amide bonds. The van der Waals surface area contributed by atoms with Crippen molar-refractivity contribution in [3.05, 3.63) is 29.1 Å². The highest BCUT2D eigenvalue weighted by atomic mass is 16.5. The highest BCUT2D eigenvalue weighted by Crippen LogP contribution is 2.13. The van der Waals surface area contributed by atoms with Crippen LogP contribution in [0.5, 0.6) is 0 Å². The highest BCUT2D eigenvalue weighted by Gasteiger charge is 2.14. The summed E-state index contributed by atoms with van der Waals surface area (Å²) in [6.07, 6.45) is 2.54. The first kappa shape index (κ1) is 10.7. The van der Waals surface area contributed by atoms with Crippen LogP contribution >= 0.6 is 0 Å². The third-order valence-corrected chi connectivity index (χ3v) is 2.09. The van der Waals surface area contributed by atoms with Gasteiger partial charge in [0.25, 0.3) is 0 Å². The molecule has 0 saturated carbocycles. The summed E-state index contributed by atoms with van der Waals surface area (Å²) < 4.78 is 4.97. The van der Waals surface area contributed by atoms with Gasteiger partial charge in [-0.15, -0.1) is 0 Å². The second-order valence-electron chi connectivity index (χ2n) is 3.00. The summed E-state index contributed by atoms with van der Waals surface area (Å²) in [5, 5.41) is 0. The van der Waals surface area contributed by atoms with Crippen molar-refractivity contribution in [2.45, 2.75) is 27.2 Å². The molecule has 0 N–H and O–H groups in total. The Morgan fingerprint density at radius 3 is 2.79 bits per heavy atom. The zero-order valence-corrected chi connectivity index (χ0v) is 8.83. The Morgan fingerprint density at radius 1 is 1.50 bits per heavy atom. The van der Waals surface area contributed by atoms with Crippen LogP contribution in [0.15, 0.2) is 12.3 Å². The predicted octanol–water partition coefficient (Wildman–Crippen LogP) is 2.13. The van der Waals surface area contributed by atoms with E-state index in [1.807, 2.05) is 19.9 Å². The lowest BCUT2D eigenvalue weighted by Gasteiger charge is -2.08. The zero-order valence-electron chi connectivity index (χ0n) is 8.83. The normalized spacial score (nSPS) is 9.93. The van der Waals surface area contributed by atoms with Crippen LogP contribution < -0.4 is 0 Å². The van der Waals surface area contributed by atoms with E-state index in [0.717, 1.165) is 17.7 Å². The molecule has 0 bridgehead atoms. The van der Waals surface area contributed by atoms with E-state index >= 15 is 0 Å². The van der Waals surface area contributed by atoms with Gasteiger partial charge in [0.1, 0.15) is 0 Å². The van der Waals surface area contributed by atoms with Gasteiger partial charge in [-0.2, -0.15) is 0 Å². The van der Waals surface area contributed by atoms with Crippen molar-refractivity contribution < 1.29 is 9.53 Å². The molecule has 0 saturated heterocycles. The Balaban J connectivity index is 3.10. The Labute approximate surface area is 84.1 Å². The van der Waals surface area contributed by atoms with Gasteiger partial charge in [-0.05, 0) is 31.9 Å². The predicted molar refractivity (Wildman–Crippen MR) is 54.3 cm³/mol. The van der Waals surface area contributed by atoms with Crippen molar-refractivity contribution >= 4 is 5.97 Å². The van der Waals surface area contributed by atoms with Crippen LogP contribution in [-0.4, -0.2) is 17.6 Å². The molecule has 3 nitrogen and oxygen atoms in total. The number of aryl methyl sites for hydroxylation is 2. The fourth-order valence-electron chi connectivity index (χ4n) is 1.40. The van der Waals surface area contributed by atoms with Gasteiger partial charge in [0.05, 0.1) is 17.9 Å². The molecule has 1 heterocycles. The summed E-state index contributed by atoms with van der Waals surface area (Å²) in [6, 6.07) is 1.86. The second-order valence-corrected chi connectivity index (χ2v) is 3.00. The Bertz CT molecular complexity index is 334. The maximum absolute atomic E-state index is 11.6. The molecule has 0 fully saturated rings. The molecule has 0 unspecified atom stereocenters. The van der Waals surface area contributed by atoms with Crippen molar-refractivity contribution in [2.24, 2.45) is 0 Å². The molecular formula is C11H15NO2. The monoisotopic (exact) mass is 193 g/mol. The largest absolute Gasteiger partial charge is 0.462 e. The number of ether oxygens (including phenoxy) is 1. The number of esters is 1. The standard InChI is InChI=1S/C11H15NO2/c1-4-9-6-7-12-8(3)10(9)11(13)14-5-2/h6-7H,4-5H2,1-3H3. The summed E-state index contributed by atoms with van der Waals surface area (Å²) in [5.41, 5.74) is 2.36. The number of nitrogens with zero attached hydrogens (tertiary/aromatic N) is 1. The van der Waals surface area contributed by atoms with E-state index < -0.39 is 0 Å². The highest BCUT2D eigenvalue weighted by molar-refractivity contribution is 5.92.